The van der Waals surface area contributed by atoms with E-state index in [1.807, 2.05) is 12.1 Å². The quantitative estimate of drug-likeness (QED) is 0.832. The smallest absolute Gasteiger partial charge is 0.246 e. The number of nitriles is 1. The van der Waals surface area contributed by atoms with Crippen molar-refractivity contribution in [2.45, 2.75) is 25.3 Å². The highest BCUT2D eigenvalue weighted by Crippen LogP contribution is 2.24. The lowest BCUT2D eigenvalue weighted by atomic mass is 9.91. The third-order valence-electron chi connectivity index (χ3n) is 3.60. The van der Waals surface area contributed by atoms with Crippen molar-refractivity contribution in [3.63, 3.8) is 0 Å². The van der Waals surface area contributed by atoms with Crippen molar-refractivity contribution < 1.29 is 9.90 Å². The monoisotopic (exact) mass is 270 g/mol. The zero-order valence-electron chi connectivity index (χ0n) is 11.3. The zero-order chi connectivity index (χ0) is 14.4. The van der Waals surface area contributed by atoms with Crippen molar-refractivity contribution in [2.24, 2.45) is 0 Å². The molecule has 1 fully saturated rings. The highest BCUT2D eigenvalue weighted by Gasteiger charge is 2.26. The average Bonchev–Trinajstić information content (AvgIpc) is 2.43. The summed E-state index contributed by atoms with van der Waals surface area (Å²) in [4.78, 5) is 13.9. The number of rotatable bonds is 5. The molecule has 0 atom stereocenters. The number of hydrogen-bond acceptors (Lipinski definition) is 3. The van der Waals surface area contributed by atoms with E-state index in [9.17, 15) is 4.79 Å². The third-order valence-corrected chi connectivity index (χ3v) is 3.60. The first-order valence-corrected chi connectivity index (χ1v) is 6.84. The molecule has 20 heavy (non-hydrogen) atoms. The van der Waals surface area contributed by atoms with Gasteiger partial charge in [-0.2, -0.15) is 5.26 Å². The molecular formula is C16H18N2O2. The first-order chi connectivity index (χ1) is 9.74. The van der Waals surface area contributed by atoms with Crippen molar-refractivity contribution in [1.29, 1.82) is 5.26 Å². The van der Waals surface area contributed by atoms with E-state index in [1.165, 1.54) is 6.08 Å². The minimum absolute atomic E-state index is 0.00700. The number of nitrogens with zero attached hydrogens (tertiary/aromatic N) is 2. The van der Waals surface area contributed by atoms with Gasteiger partial charge in [-0.25, -0.2) is 0 Å². The van der Waals surface area contributed by atoms with Gasteiger partial charge in [-0.1, -0.05) is 12.1 Å². The summed E-state index contributed by atoms with van der Waals surface area (Å²) in [7, 11) is 0. The van der Waals surface area contributed by atoms with Gasteiger partial charge in [0.25, 0.3) is 0 Å². The van der Waals surface area contributed by atoms with Crippen LogP contribution in [0.5, 0.6) is 0 Å². The summed E-state index contributed by atoms with van der Waals surface area (Å²) in [6, 6.07) is 9.40. The van der Waals surface area contributed by atoms with Crippen LogP contribution < -0.4 is 0 Å². The number of carbonyl (C=O) groups excluding carboxylic acids is 1. The Labute approximate surface area is 118 Å². The van der Waals surface area contributed by atoms with E-state index < -0.39 is 0 Å². The second-order valence-electron chi connectivity index (χ2n) is 4.91. The summed E-state index contributed by atoms with van der Waals surface area (Å²) in [5.74, 6) is -0.0619. The Morgan fingerprint density at radius 1 is 1.40 bits per heavy atom. The zero-order valence-corrected chi connectivity index (χ0v) is 11.3. The summed E-state index contributed by atoms with van der Waals surface area (Å²) in [6.07, 6.45) is 6.48. The largest absolute Gasteiger partial charge is 0.395 e. The second-order valence-corrected chi connectivity index (χ2v) is 4.91. The van der Waals surface area contributed by atoms with Gasteiger partial charge in [0.1, 0.15) is 0 Å². The summed E-state index contributed by atoms with van der Waals surface area (Å²) in [6.45, 7) is 0.383. The summed E-state index contributed by atoms with van der Waals surface area (Å²) >= 11 is 0. The molecule has 1 amide bonds. The standard InChI is InChI=1S/C16H18N2O2/c17-12-14-6-4-13(5-7-14)8-9-16(20)18(10-11-19)15-2-1-3-15/h4-9,15,19H,1-3,10-11H2/b9-8+. The number of aliphatic hydroxyl groups is 1. The SMILES string of the molecule is N#Cc1ccc(/C=C/C(=O)N(CCO)C2CCC2)cc1. The number of hydrogen-bond donors (Lipinski definition) is 1. The minimum atomic E-state index is -0.0619. The molecule has 0 spiro atoms. The Kier molecular flexibility index (Phi) is 4.91. The maximum atomic E-state index is 12.1. The molecule has 0 heterocycles. The minimum Gasteiger partial charge on any atom is -0.395 e. The van der Waals surface area contributed by atoms with Crippen molar-refractivity contribution in [1.82, 2.24) is 4.90 Å². The van der Waals surface area contributed by atoms with E-state index in [4.69, 9.17) is 10.4 Å². The number of benzene rings is 1. The van der Waals surface area contributed by atoms with Gasteiger partial charge in [0.05, 0.1) is 18.2 Å². The van der Waals surface area contributed by atoms with Crippen molar-refractivity contribution >= 4 is 12.0 Å². The highest BCUT2D eigenvalue weighted by atomic mass is 16.3. The van der Waals surface area contributed by atoms with Crippen LogP contribution in [-0.2, 0) is 4.79 Å². The Balaban J connectivity index is 2.00. The van der Waals surface area contributed by atoms with Crippen LogP contribution in [0.25, 0.3) is 6.08 Å². The van der Waals surface area contributed by atoms with E-state index >= 15 is 0 Å². The molecule has 1 aliphatic rings. The molecule has 2 rings (SSSR count). The van der Waals surface area contributed by atoms with Gasteiger partial charge in [-0.3, -0.25) is 4.79 Å². The Bertz CT molecular complexity index is 524. The Morgan fingerprint density at radius 2 is 2.10 bits per heavy atom. The molecular weight excluding hydrogens is 252 g/mol. The molecule has 0 bridgehead atoms. The average molecular weight is 270 g/mol. The van der Waals surface area contributed by atoms with Gasteiger partial charge in [0.15, 0.2) is 0 Å². The Morgan fingerprint density at radius 3 is 2.60 bits per heavy atom. The van der Waals surface area contributed by atoms with Gasteiger partial charge in [0, 0.05) is 18.7 Å². The lowest BCUT2D eigenvalue weighted by Gasteiger charge is -2.36. The van der Waals surface area contributed by atoms with Gasteiger partial charge in [-0.15, -0.1) is 0 Å². The van der Waals surface area contributed by atoms with Crippen LogP contribution in [0.3, 0.4) is 0 Å². The molecule has 1 N–H and O–H groups in total. The molecule has 4 heteroatoms. The number of amides is 1. The predicted molar refractivity (Wildman–Crippen MR) is 76.6 cm³/mol. The van der Waals surface area contributed by atoms with Gasteiger partial charge < -0.3 is 10.0 Å². The Hall–Kier alpha value is -2.12. The van der Waals surface area contributed by atoms with E-state index in [1.54, 1.807) is 23.1 Å². The highest BCUT2D eigenvalue weighted by molar-refractivity contribution is 5.92. The first-order valence-electron chi connectivity index (χ1n) is 6.84. The maximum Gasteiger partial charge on any atom is 0.246 e. The summed E-state index contributed by atoms with van der Waals surface area (Å²) in [5.41, 5.74) is 1.49. The third kappa shape index (κ3) is 3.46. The van der Waals surface area contributed by atoms with Crippen LogP contribution in [-0.4, -0.2) is 35.1 Å². The molecule has 1 aromatic rings. The number of aliphatic hydroxyl groups excluding tert-OH is 1. The van der Waals surface area contributed by atoms with Gasteiger partial charge >= 0.3 is 0 Å². The second kappa shape index (κ2) is 6.88. The van der Waals surface area contributed by atoms with Crippen LogP contribution in [0.1, 0.15) is 30.4 Å². The summed E-state index contributed by atoms with van der Waals surface area (Å²) < 4.78 is 0. The van der Waals surface area contributed by atoms with E-state index in [0.717, 1.165) is 24.8 Å². The molecule has 1 saturated carbocycles. The molecule has 1 aromatic carbocycles. The van der Waals surface area contributed by atoms with Crippen LogP contribution in [0.4, 0.5) is 0 Å². The molecule has 0 radical (unpaired) electrons. The summed E-state index contributed by atoms with van der Waals surface area (Å²) in [5, 5.41) is 17.8. The van der Waals surface area contributed by atoms with Crippen LogP contribution in [0, 0.1) is 11.3 Å². The molecule has 0 saturated heterocycles. The van der Waals surface area contributed by atoms with Crippen molar-refractivity contribution in [3.05, 3.63) is 41.5 Å². The van der Waals surface area contributed by atoms with Crippen LogP contribution >= 0.6 is 0 Å². The number of carbonyl (C=O) groups is 1. The van der Waals surface area contributed by atoms with Crippen LogP contribution in [0.2, 0.25) is 0 Å². The van der Waals surface area contributed by atoms with Gasteiger partial charge in [-0.05, 0) is 43.0 Å². The molecule has 1 aliphatic carbocycles. The van der Waals surface area contributed by atoms with Crippen molar-refractivity contribution in [3.8, 4) is 6.07 Å². The van der Waals surface area contributed by atoms with Gasteiger partial charge in [0.2, 0.25) is 5.91 Å². The van der Waals surface area contributed by atoms with E-state index in [-0.39, 0.29) is 18.6 Å². The van der Waals surface area contributed by atoms with E-state index in [2.05, 4.69) is 6.07 Å². The molecule has 4 nitrogen and oxygen atoms in total. The lowest BCUT2D eigenvalue weighted by molar-refractivity contribution is -0.130. The van der Waals surface area contributed by atoms with Crippen molar-refractivity contribution in [2.75, 3.05) is 13.2 Å². The maximum absolute atomic E-state index is 12.1. The fourth-order valence-electron chi connectivity index (χ4n) is 2.21. The first kappa shape index (κ1) is 14.3. The lowest BCUT2D eigenvalue weighted by Crippen LogP contribution is -2.44. The van der Waals surface area contributed by atoms with Crippen LogP contribution in [0.15, 0.2) is 30.3 Å². The predicted octanol–water partition coefficient (Wildman–Crippen LogP) is 1.94. The fourth-order valence-corrected chi connectivity index (χ4v) is 2.21. The molecule has 0 unspecified atom stereocenters. The molecule has 104 valence electrons. The fraction of sp³-hybridized carbons (Fsp3) is 0.375. The molecule has 0 aliphatic heterocycles. The normalized spacial score (nSPS) is 14.8. The van der Waals surface area contributed by atoms with E-state index in [0.29, 0.717) is 12.1 Å². The topological polar surface area (TPSA) is 64.3 Å². The molecule has 0 aromatic heterocycles.